The average molecular weight is 378 g/mol. The number of amides is 1. The number of anilines is 2. The number of rotatable bonds is 4. The van der Waals surface area contributed by atoms with E-state index in [1.165, 1.54) is 0 Å². The second-order valence-corrected chi connectivity index (χ2v) is 6.64. The molecule has 1 aliphatic rings. The fourth-order valence-electron chi connectivity index (χ4n) is 3.23. The van der Waals surface area contributed by atoms with E-state index in [4.69, 9.17) is 19.4 Å². The number of carbonyl (C=O) groups excluding carboxylic acids is 1. The predicted molar refractivity (Wildman–Crippen MR) is 108 cm³/mol. The topological polar surface area (TPSA) is 67.8 Å². The first kappa shape index (κ1) is 18.0. The summed E-state index contributed by atoms with van der Waals surface area (Å²) < 4.78 is 10.8. The van der Waals surface area contributed by atoms with E-state index >= 15 is 0 Å². The summed E-state index contributed by atoms with van der Waals surface area (Å²) in [5.41, 5.74) is 1.59. The van der Waals surface area contributed by atoms with Gasteiger partial charge < -0.3 is 14.4 Å². The largest absolute Gasteiger partial charge is 0.497 e. The van der Waals surface area contributed by atoms with Crippen LogP contribution in [0.25, 0.3) is 11.0 Å². The van der Waals surface area contributed by atoms with Crippen LogP contribution in [-0.4, -0.2) is 49.7 Å². The van der Waals surface area contributed by atoms with Crippen molar-refractivity contribution < 1.29 is 14.3 Å². The summed E-state index contributed by atoms with van der Waals surface area (Å²) in [7, 11) is 3.59. The minimum Gasteiger partial charge on any atom is -0.497 e. The molecule has 7 heteroatoms. The van der Waals surface area contributed by atoms with Crippen LogP contribution in [0, 0.1) is 0 Å². The van der Waals surface area contributed by atoms with E-state index in [1.54, 1.807) is 36.3 Å². The zero-order valence-corrected chi connectivity index (χ0v) is 16.0. The summed E-state index contributed by atoms with van der Waals surface area (Å²) in [6.07, 6.45) is 0.833. The lowest BCUT2D eigenvalue weighted by Crippen LogP contribution is -2.36. The van der Waals surface area contributed by atoms with E-state index in [2.05, 4.69) is 0 Å². The number of ether oxygens (including phenoxy) is 2. The van der Waals surface area contributed by atoms with Crippen molar-refractivity contribution in [2.45, 2.75) is 6.42 Å². The molecule has 0 unspecified atom stereocenters. The Labute approximate surface area is 163 Å². The van der Waals surface area contributed by atoms with Gasteiger partial charge in [-0.1, -0.05) is 12.1 Å². The number of carbonyl (C=O) groups is 1. The number of hydrogen-bond donors (Lipinski definition) is 0. The zero-order chi connectivity index (χ0) is 19.5. The molecular weight excluding hydrogens is 356 g/mol. The fourth-order valence-corrected chi connectivity index (χ4v) is 3.23. The van der Waals surface area contributed by atoms with E-state index < -0.39 is 0 Å². The molecule has 0 bridgehead atoms. The molecule has 1 aliphatic heterocycles. The number of para-hydroxylation sites is 2. The Balaban J connectivity index is 1.59. The highest BCUT2D eigenvalue weighted by atomic mass is 16.5. The number of hydrogen-bond acceptors (Lipinski definition) is 6. The SMILES string of the molecule is COc1ccc(OCC(=O)N2CCCN(C)c3nc4ccccc4nc32)cc1. The van der Waals surface area contributed by atoms with Gasteiger partial charge in [-0.15, -0.1) is 0 Å². The first-order chi connectivity index (χ1) is 13.7. The molecule has 2 heterocycles. The molecule has 1 aromatic heterocycles. The summed E-state index contributed by atoms with van der Waals surface area (Å²) in [6.45, 7) is 1.32. The van der Waals surface area contributed by atoms with Gasteiger partial charge in [-0.25, -0.2) is 9.97 Å². The summed E-state index contributed by atoms with van der Waals surface area (Å²) in [5.74, 6) is 2.52. The van der Waals surface area contributed by atoms with Crippen LogP contribution in [-0.2, 0) is 4.79 Å². The van der Waals surface area contributed by atoms with Gasteiger partial charge in [0.15, 0.2) is 18.2 Å². The highest BCUT2D eigenvalue weighted by Crippen LogP contribution is 2.30. The van der Waals surface area contributed by atoms with Crippen LogP contribution >= 0.6 is 0 Å². The summed E-state index contributed by atoms with van der Waals surface area (Å²) in [5, 5.41) is 0. The molecule has 2 aromatic carbocycles. The molecule has 0 saturated carbocycles. The van der Waals surface area contributed by atoms with E-state index in [0.29, 0.717) is 23.9 Å². The van der Waals surface area contributed by atoms with Crippen LogP contribution in [0.2, 0.25) is 0 Å². The second-order valence-electron chi connectivity index (χ2n) is 6.64. The molecule has 7 nitrogen and oxygen atoms in total. The van der Waals surface area contributed by atoms with Gasteiger partial charge in [0, 0.05) is 20.1 Å². The molecule has 0 spiro atoms. The van der Waals surface area contributed by atoms with Crippen molar-refractivity contribution in [2.75, 3.05) is 43.7 Å². The first-order valence-electron chi connectivity index (χ1n) is 9.21. The highest BCUT2D eigenvalue weighted by molar-refractivity contribution is 5.97. The van der Waals surface area contributed by atoms with Crippen molar-refractivity contribution in [3.05, 3.63) is 48.5 Å². The third-order valence-electron chi connectivity index (χ3n) is 4.75. The molecular formula is C21H22N4O3. The normalized spacial score (nSPS) is 13.8. The Bertz CT molecular complexity index is 991. The highest BCUT2D eigenvalue weighted by Gasteiger charge is 2.27. The van der Waals surface area contributed by atoms with Crippen LogP contribution in [0.1, 0.15) is 6.42 Å². The Kier molecular flexibility index (Phi) is 4.97. The van der Waals surface area contributed by atoms with Gasteiger partial charge >= 0.3 is 0 Å². The summed E-state index contributed by atoms with van der Waals surface area (Å²) in [6, 6.07) is 14.9. The fraction of sp³-hybridized carbons (Fsp3) is 0.286. The molecule has 0 N–H and O–H groups in total. The van der Waals surface area contributed by atoms with Gasteiger partial charge in [0.1, 0.15) is 11.5 Å². The Hall–Kier alpha value is -3.35. The molecule has 1 amide bonds. The quantitative estimate of drug-likeness (QED) is 0.695. The third kappa shape index (κ3) is 3.55. The molecule has 0 radical (unpaired) electrons. The van der Waals surface area contributed by atoms with Crippen molar-refractivity contribution in [2.24, 2.45) is 0 Å². The lowest BCUT2D eigenvalue weighted by molar-refractivity contribution is -0.120. The maximum Gasteiger partial charge on any atom is 0.266 e. The minimum absolute atomic E-state index is 0.0655. The maximum absolute atomic E-state index is 12.9. The minimum atomic E-state index is -0.142. The van der Waals surface area contributed by atoms with Gasteiger partial charge in [0.05, 0.1) is 18.1 Å². The molecule has 4 rings (SSSR count). The number of fused-ring (bicyclic) bond motifs is 2. The predicted octanol–water partition coefficient (Wildman–Crippen LogP) is 2.89. The van der Waals surface area contributed by atoms with Crippen molar-refractivity contribution in [3.8, 4) is 11.5 Å². The molecule has 28 heavy (non-hydrogen) atoms. The molecule has 0 aliphatic carbocycles. The number of methoxy groups -OCH3 is 1. The lowest BCUT2D eigenvalue weighted by atomic mass is 10.3. The standard InChI is InChI=1S/C21H22N4O3/c1-24-12-5-13-25(19(26)14-28-16-10-8-15(27-2)9-11-16)21-20(24)22-17-6-3-4-7-18(17)23-21/h3-4,6-11H,5,12-14H2,1-2H3. The number of nitrogens with zero attached hydrogens (tertiary/aromatic N) is 4. The Morgan fingerprint density at radius 1 is 0.964 bits per heavy atom. The van der Waals surface area contributed by atoms with Crippen molar-refractivity contribution in [1.82, 2.24) is 9.97 Å². The molecule has 144 valence electrons. The number of aromatic nitrogens is 2. The average Bonchev–Trinajstić information content (AvgIpc) is 2.89. The van der Waals surface area contributed by atoms with Crippen LogP contribution in [0.15, 0.2) is 48.5 Å². The van der Waals surface area contributed by atoms with E-state index in [-0.39, 0.29) is 12.5 Å². The third-order valence-corrected chi connectivity index (χ3v) is 4.75. The van der Waals surface area contributed by atoms with Crippen LogP contribution < -0.4 is 19.3 Å². The first-order valence-corrected chi connectivity index (χ1v) is 9.21. The summed E-state index contributed by atoms with van der Waals surface area (Å²) >= 11 is 0. The van der Waals surface area contributed by atoms with Gasteiger partial charge in [-0.05, 0) is 42.8 Å². The smallest absolute Gasteiger partial charge is 0.266 e. The molecule has 0 saturated heterocycles. The Morgan fingerprint density at radius 3 is 2.29 bits per heavy atom. The molecule has 3 aromatic rings. The van der Waals surface area contributed by atoms with Gasteiger partial charge in [0.25, 0.3) is 5.91 Å². The van der Waals surface area contributed by atoms with Gasteiger partial charge in [0.2, 0.25) is 0 Å². The van der Waals surface area contributed by atoms with Crippen LogP contribution in [0.5, 0.6) is 11.5 Å². The Morgan fingerprint density at radius 2 is 1.61 bits per heavy atom. The van der Waals surface area contributed by atoms with Gasteiger partial charge in [-0.2, -0.15) is 0 Å². The van der Waals surface area contributed by atoms with Crippen molar-refractivity contribution in [3.63, 3.8) is 0 Å². The molecule has 0 fully saturated rings. The maximum atomic E-state index is 12.9. The van der Waals surface area contributed by atoms with E-state index in [0.717, 1.165) is 29.7 Å². The van der Waals surface area contributed by atoms with E-state index in [1.807, 2.05) is 36.2 Å². The molecule has 0 atom stereocenters. The van der Waals surface area contributed by atoms with Crippen LogP contribution in [0.3, 0.4) is 0 Å². The lowest BCUT2D eigenvalue weighted by Gasteiger charge is -2.23. The number of benzene rings is 2. The summed E-state index contributed by atoms with van der Waals surface area (Å²) in [4.78, 5) is 26.1. The van der Waals surface area contributed by atoms with Crippen LogP contribution in [0.4, 0.5) is 11.6 Å². The second kappa shape index (κ2) is 7.72. The van der Waals surface area contributed by atoms with Gasteiger partial charge in [-0.3, -0.25) is 9.69 Å². The zero-order valence-electron chi connectivity index (χ0n) is 16.0. The van der Waals surface area contributed by atoms with Crippen molar-refractivity contribution in [1.29, 1.82) is 0 Å². The van der Waals surface area contributed by atoms with Crippen molar-refractivity contribution >= 4 is 28.6 Å². The van der Waals surface area contributed by atoms with E-state index in [9.17, 15) is 4.79 Å². The monoisotopic (exact) mass is 378 g/mol.